The molecule has 5 heteroatoms. The van der Waals surface area contributed by atoms with Gasteiger partial charge in [-0.2, -0.15) is 0 Å². The number of allylic oxidation sites excluding steroid dienone is 2. The molecule has 2 heterocycles. The molecule has 2 rings (SSSR count). The van der Waals surface area contributed by atoms with E-state index in [9.17, 15) is 9.59 Å². The summed E-state index contributed by atoms with van der Waals surface area (Å²) in [4.78, 5) is 28.1. The number of nitrogens with one attached hydrogen (secondary N) is 1. The highest BCUT2D eigenvalue weighted by atomic mass is 16.2. The number of amides is 1. The Morgan fingerprint density at radius 2 is 2.12 bits per heavy atom. The number of rotatable bonds is 6. The van der Waals surface area contributed by atoms with Crippen LogP contribution >= 0.6 is 0 Å². The zero-order chi connectivity index (χ0) is 18.2. The van der Waals surface area contributed by atoms with Crippen LogP contribution in [0.3, 0.4) is 0 Å². The fourth-order valence-electron chi connectivity index (χ4n) is 3.31. The molecule has 1 amide bonds. The van der Waals surface area contributed by atoms with Crippen LogP contribution in [-0.2, 0) is 9.59 Å². The first kappa shape index (κ1) is 19.4. The molecule has 25 heavy (non-hydrogen) atoms. The fourth-order valence-corrected chi connectivity index (χ4v) is 3.31. The molecule has 0 aliphatic carbocycles. The molecule has 1 N–H and O–H groups in total. The standard InChI is InChI=1S/C20H31N3O2/c1-4-5-9-19(17(3)24)23-14-13-22(15-16(23)2)20(25)11-10-18-8-6-7-12-21-18/h9-11,18,21H,2,4-8,12-15H2,1,3H3/b11-10+,19-9-. The van der Waals surface area contributed by atoms with Gasteiger partial charge in [-0.1, -0.05) is 38.5 Å². The Morgan fingerprint density at radius 1 is 1.32 bits per heavy atom. The Bertz CT molecular complexity index is 559. The maximum absolute atomic E-state index is 12.4. The molecule has 2 aliphatic rings. The number of hydrogen-bond donors (Lipinski definition) is 1. The van der Waals surface area contributed by atoms with Crippen LogP contribution in [0.25, 0.3) is 0 Å². The van der Waals surface area contributed by atoms with E-state index in [1.807, 2.05) is 17.1 Å². The van der Waals surface area contributed by atoms with E-state index in [2.05, 4.69) is 18.8 Å². The quantitative estimate of drug-likeness (QED) is 0.752. The van der Waals surface area contributed by atoms with Crippen molar-refractivity contribution in [2.75, 3.05) is 26.2 Å². The summed E-state index contributed by atoms with van der Waals surface area (Å²) in [5.74, 6) is 0.0766. The van der Waals surface area contributed by atoms with E-state index in [1.165, 1.54) is 12.8 Å². The van der Waals surface area contributed by atoms with Gasteiger partial charge in [-0.25, -0.2) is 0 Å². The van der Waals surface area contributed by atoms with Gasteiger partial charge in [0.2, 0.25) is 5.91 Å². The number of ketones is 1. The van der Waals surface area contributed by atoms with Crippen LogP contribution in [0.4, 0.5) is 0 Å². The van der Waals surface area contributed by atoms with Gasteiger partial charge in [-0.3, -0.25) is 9.59 Å². The van der Waals surface area contributed by atoms with Crippen LogP contribution in [0, 0.1) is 0 Å². The van der Waals surface area contributed by atoms with E-state index in [1.54, 1.807) is 17.9 Å². The minimum Gasteiger partial charge on any atom is -0.340 e. The van der Waals surface area contributed by atoms with Crippen molar-refractivity contribution in [3.8, 4) is 0 Å². The highest BCUT2D eigenvalue weighted by Crippen LogP contribution is 2.20. The Hall–Kier alpha value is -1.88. The van der Waals surface area contributed by atoms with Crippen LogP contribution in [-0.4, -0.2) is 53.7 Å². The van der Waals surface area contributed by atoms with Crippen molar-refractivity contribution in [2.24, 2.45) is 0 Å². The molecule has 0 saturated carbocycles. The summed E-state index contributed by atoms with van der Waals surface area (Å²) >= 11 is 0. The number of Topliss-reactive ketones (excluding diaryl/α,β-unsaturated/α-hetero) is 1. The molecule has 2 aliphatic heterocycles. The molecule has 2 fully saturated rings. The normalized spacial score (nSPS) is 22.6. The summed E-state index contributed by atoms with van der Waals surface area (Å²) in [5, 5.41) is 3.41. The molecule has 2 saturated heterocycles. The Morgan fingerprint density at radius 3 is 2.72 bits per heavy atom. The maximum atomic E-state index is 12.4. The van der Waals surface area contributed by atoms with Gasteiger partial charge in [-0.05, 0) is 25.8 Å². The van der Waals surface area contributed by atoms with E-state index >= 15 is 0 Å². The highest BCUT2D eigenvalue weighted by molar-refractivity contribution is 5.93. The van der Waals surface area contributed by atoms with E-state index in [-0.39, 0.29) is 11.7 Å². The Kier molecular flexibility index (Phi) is 7.44. The van der Waals surface area contributed by atoms with Gasteiger partial charge in [0, 0.05) is 37.8 Å². The first-order valence-electron chi connectivity index (χ1n) is 9.39. The largest absolute Gasteiger partial charge is 0.340 e. The number of piperazine rings is 1. The molecule has 0 aromatic rings. The number of carbonyl (C=O) groups is 2. The van der Waals surface area contributed by atoms with Gasteiger partial charge in [0.25, 0.3) is 0 Å². The van der Waals surface area contributed by atoms with E-state index in [0.29, 0.717) is 31.4 Å². The molecule has 1 unspecified atom stereocenters. The zero-order valence-corrected chi connectivity index (χ0v) is 15.6. The van der Waals surface area contributed by atoms with Crippen LogP contribution in [0.2, 0.25) is 0 Å². The lowest BCUT2D eigenvalue weighted by Crippen LogP contribution is -2.47. The summed E-state index contributed by atoms with van der Waals surface area (Å²) in [6.07, 6.45) is 11.0. The number of piperidine rings is 1. The average Bonchev–Trinajstić information content (AvgIpc) is 2.61. The van der Waals surface area contributed by atoms with Crippen molar-refractivity contribution in [2.45, 2.75) is 52.0 Å². The fraction of sp³-hybridized carbons (Fsp3) is 0.600. The number of unbranched alkanes of at least 4 members (excludes halogenated alkanes) is 1. The van der Waals surface area contributed by atoms with Crippen LogP contribution in [0.1, 0.15) is 46.0 Å². The molecule has 0 aromatic carbocycles. The van der Waals surface area contributed by atoms with Crippen molar-refractivity contribution in [3.05, 3.63) is 36.2 Å². The second kappa shape index (κ2) is 9.56. The first-order valence-corrected chi connectivity index (χ1v) is 9.39. The zero-order valence-electron chi connectivity index (χ0n) is 15.6. The summed E-state index contributed by atoms with van der Waals surface area (Å²) in [5.41, 5.74) is 1.52. The summed E-state index contributed by atoms with van der Waals surface area (Å²) in [6, 6.07) is 0.309. The third-order valence-electron chi connectivity index (χ3n) is 4.76. The second-order valence-corrected chi connectivity index (χ2v) is 6.83. The number of hydrogen-bond acceptors (Lipinski definition) is 4. The van der Waals surface area contributed by atoms with E-state index in [0.717, 1.165) is 31.5 Å². The van der Waals surface area contributed by atoms with Crippen molar-refractivity contribution in [3.63, 3.8) is 0 Å². The molecule has 0 bridgehead atoms. The Balaban J connectivity index is 1.93. The van der Waals surface area contributed by atoms with Crippen molar-refractivity contribution in [1.29, 1.82) is 0 Å². The highest BCUT2D eigenvalue weighted by Gasteiger charge is 2.26. The smallest absolute Gasteiger partial charge is 0.246 e. The lowest BCUT2D eigenvalue weighted by Gasteiger charge is -2.38. The van der Waals surface area contributed by atoms with E-state index in [4.69, 9.17) is 0 Å². The van der Waals surface area contributed by atoms with Crippen molar-refractivity contribution in [1.82, 2.24) is 15.1 Å². The van der Waals surface area contributed by atoms with Gasteiger partial charge in [0.1, 0.15) is 0 Å². The third-order valence-corrected chi connectivity index (χ3v) is 4.76. The van der Waals surface area contributed by atoms with Crippen LogP contribution in [0.15, 0.2) is 36.2 Å². The molecule has 138 valence electrons. The first-order chi connectivity index (χ1) is 12.0. The monoisotopic (exact) mass is 345 g/mol. The number of carbonyl (C=O) groups excluding carboxylic acids is 2. The summed E-state index contributed by atoms with van der Waals surface area (Å²) < 4.78 is 0. The van der Waals surface area contributed by atoms with Crippen LogP contribution in [0.5, 0.6) is 0 Å². The molecule has 5 nitrogen and oxygen atoms in total. The summed E-state index contributed by atoms with van der Waals surface area (Å²) in [7, 11) is 0. The summed E-state index contributed by atoms with van der Waals surface area (Å²) in [6.45, 7) is 10.5. The van der Waals surface area contributed by atoms with Gasteiger partial charge in [0.15, 0.2) is 5.78 Å². The topological polar surface area (TPSA) is 52.7 Å². The number of nitrogens with zero attached hydrogens (tertiary/aromatic N) is 2. The van der Waals surface area contributed by atoms with E-state index < -0.39 is 0 Å². The third kappa shape index (κ3) is 5.56. The van der Waals surface area contributed by atoms with Crippen molar-refractivity contribution < 1.29 is 9.59 Å². The second-order valence-electron chi connectivity index (χ2n) is 6.83. The minimum atomic E-state index is 0.0232. The molecular weight excluding hydrogens is 314 g/mol. The van der Waals surface area contributed by atoms with Gasteiger partial charge >= 0.3 is 0 Å². The van der Waals surface area contributed by atoms with Gasteiger partial charge in [-0.15, -0.1) is 0 Å². The van der Waals surface area contributed by atoms with Crippen LogP contribution < -0.4 is 5.32 Å². The predicted molar refractivity (Wildman–Crippen MR) is 101 cm³/mol. The van der Waals surface area contributed by atoms with Crippen molar-refractivity contribution >= 4 is 11.7 Å². The molecular formula is C20H31N3O2. The Labute approximate surface area is 151 Å². The predicted octanol–water partition coefficient (Wildman–Crippen LogP) is 2.62. The lowest BCUT2D eigenvalue weighted by molar-refractivity contribution is -0.126. The van der Waals surface area contributed by atoms with Gasteiger partial charge in [0.05, 0.1) is 12.2 Å². The minimum absolute atomic E-state index is 0.0232. The average molecular weight is 345 g/mol. The molecule has 1 atom stereocenters. The molecule has 0 spiro atoms. The SMILES string of the molecule is C=C1CN(C(=O)/C=C/C2CCCCN2)CCN1/C(=C\CCC)C(C)=O. The lowest BCUT2D eigenvalue weighted by atomic mass is 10.0. The maximum Gasteiger partial charge on any atom is 0.246 e. The molecule has 0 radical (unpaired) electrons. The van der Waals surface area contributed by atoms with Gasteiger partial charge < -0.3 is 15.1 Å². The molecule has 0 aromatic heterocycles.